The van der Waals surface area contributed by atoms with Gasteiger partial charge in [-0.1, -0.05) is 18.2 Å². The highest BCUT2D eigenvalue weighted by Crippen LogP contribution is 2.17. The molecule has 0 amide bonds. The minimum atomic E-state index is -0.416. The van der Waals surface area contributed by atoms with Gasteiger partial charge in [-0.15, -0.1) is 0 Å². The molecule has 0 N–H and O–H groups in total. The van der Waals surface area contributed by atoms with Gasteiger partial charge < -0.3 is 4.74 Å². The zero-order chi connectivity index (χ0) is 17.5. The fourth-order valence-corrected chi connectivity index (χ4v) is 2.19. The second kappa shape index (κ2) is 7.88. The summed E-state index contributed by atoms with van der Waals surface area (Å²) >= 11 is 0. The van der Waals surface area contributed by atoms with Gasteiger partial charge in [-0.05, 0) is 59.7 Å². The highest BCUT2D eigenvalue weighted by atomic mass is 16.6. The number of benzene rings is 3. The van der Waals surface area contributed by atoms with E-state index in [0.717, 1.165) is 22.6 Å². The first-order valence-corrected chi connectivity index (χ1v) is 7.76. The molecule has 0 saturated carbocycles. The van der Waals surface area contributed by atoms with E-state index in [1.165, 1.54) is 12.1 Å². The van der Waals surface area contributed by atoms with Crippen molar-refractivity contribution in [1.29, 1.82) is 0 Å². The summed E-state index contributed by atoms with van der Waals surface area (Å²) in [6.07, 6.45) is 1.80. The summed E-state index contributed by atoms with van der Waals surface area (Å²) in [5, 5.41) is 10.6. The Kier molecular flexibility index (Phi) is 5.16. The Labute approximate surface area is 145 Å². The van der Waals surface area contributed by atoms with Crippen LogP contribution in [-0.2, 0) is 6.61 Å². The lowest BCUT2D eigenvalue weighted by Gasteiger charge is -2.06. The minimum Gasteiger partial charge on any atom is -0.489 e. The summed E-state index contributed by atoms with van der Waals surface area (Å²) in [6.45, 7) is 0.357. The highest BCUT2D eigenvalue weighted by Gasteiger charge is 2.04. The van der Waals surface area contributed by atoms with E-state index in [-0.39, 0.29) is 5.69 Å². The standard InChI is InChI=1S/C20H16N2O3/c23-22(24)19-10-6-17(7-11-19)15-25-20-12-8-16(9-13-20)14-21-18-4-2-1-3-5-18/h1-14H,15H2. The van der Waals surface area contributed by atoms with Gasteiger partial charge in [0.25, 0.3) is 5.69 Å². The maximum atomic E-state index is 10.6. The van der Waals surface area contributed by atoms with Crippen LogP contribution in [0.15, 0.2) is 83.9 Å². The summed E-state index contributed by atoms with van der Waals surface area (Å²) < 4.78 is 5.70. The van der Waals surface area contributed by atoms with Crippen molar-refractivity contribution in [3.63, 3.8) is 0 Å². The molecular formula is C20H16N2O3. The van der Waals surface area contributed by atoms with Gasteiger partial charge in [-0.3, -0.25) is 15.1 Å². The molecule has 5 heteroatoms. The largest absolute Gasteiger partial charge is 0.489 e. The van der Waals surface area contributed by atoms with Crippen LogP contribution in [0.5, 0.6) is 5.75 Å². The number of para-hydroxylation sites is 1. The van der Waals surface area contributed by atoms with Crippen molar-refractivity contribution in [3.05, 3.63) is 100 Å². The van der Waals surface area contributed by atoms with Gasteiger partial charge in [0.2, 0.25) is 0 Å². The molecule has 0 unspecified atom stereocenters. The zero-order valence-electron chi connectivity index (χ0n) is 13.4. The molecule has 0 bridgehead atoms. The number of ether oxygens (including phenoxy) is 1. The van der Waals surface area contributed by atoms with E-state index in [1.807, 2.05) is 54.6 Å². The average molecular weight is 332 g/mol. The molecule has 0 aliphatic heterocycles. The number of nitro benzene ring substituents is 1. The number of hydrogen-bond acceptors (Lipinski definition) is 4. The fraction of sp³-hybridized carbons (Fsp3) is 0.0500. The van der Waals surface area contributed by atoms with Crippen LogP contribution in [0.3, 0.4) is 0 Å². The van der Waals surface area contributed by atoms with E-state index >= 15 is 0 Å². The van der Waals surface area contributed by atoms with Gasteiger partial charge in [-0.2, -0.15) is 0 Å². The number of non-ortho nitro benzene ring substituents is 1. The topological polar surface area (TPSA) is 64.7 Å². The summed E-state index contributed by atoms with van der Waals surface area (Å²) in [4.78, 5) is 14.6. The Morgan fingerprint density at radius 2 is 1.60 bits per heavy atom. The van der Waals surface area contributed by atoms with E-state index in [9.17, 15) is 10.1 Å². The monoisotopic (exact) mass is 332 g/mol. The second-order valence-electron chi connectivity index (χ2n) is 5.38. The Hall–Kier alpha value is -3.47. The van der Waals surface area contributed by atoms with Crippen molar-refractivity contribution in [3.8, 4) is 5.75 Å². The molecule has 0 aliphatic carbocycles. The average Bonchev–Trinajstić information content (AvgIpc) is 2.67. The van der Waals surface area contributed by atoms with Crippen molar-refractivity contribution in [1.82, 2.24) is 0 Å². The van der Waals surface area contributed by atoms with Crippen LogP contribution in [0.4, 0.5) is 11.4 Å². The molecule has 0 atom stereocenters. The van der Waals surface area contributed by atoms with Gasteiger partial charge in [0.1, 0.15) is 12.4 Å². The van der Waals surface area contributed by atoms with Crippen LogP contribution in [0.2, 0.25) is 0 Å². The molecular weight excluding hydrogens is 316 g/mol. The molecule has 124 valence electrons. The van der Waals surface area contributed by atoms with E-state index < -0.39 is 4.92 Å². The molecule has 0 aromatic heterocycles. The molecule has 25 heavy (non-hydrogen) atoms. The van der Waals surface area contributed by atoms with Crippen LogP contribution in [0.25, 0.3) is 0 Å². The Morgan fingerprint density at radius 1 is 0.920 bits per heavy atom. The number of aliphatic imine (C=N–C) groups is 1. The fourth-order valence-electron chi connectivity index (χ4n) is 2.19. The van der Waals surface area contributed by atoms with Gasteiger partial charge in [-0.25, -0.2) is 0 Å². The molecule has 0 saturated heterocycles. The molecule has 0 fully saturated rings. The van der Waals surface area contributed by atoms with E-state index in [2.05, 4.69) is 4.99 Å². The van der Waals surface area contributed by atoms with Crippen LogP contribution in [0.1, 0.15) is 11.1 Å². The molecule has 3 aromatic carbocycles. The molecule has 0 heterocycles. The first-order chi connectivity index (χ1) is 12.2. The van der Waals surface area contributed by atoms with Crippen molar-refractivity contribution in [2.75, 3.05) is 0 Å². The van der Waals surface area contributed by atoms with Crippen molar-refractivity contribution in [2.45, 2.75) is 6.61 Å². The smallest absolute Gasteiger partial charge is 0.269 e. The lowest BCUT2D eigenvalue weighted by Crippen LogP contribution is -1.96. The number of rotatable bonds is 6. The lowest BCUT2D eigenvalue weighted by molar-refractivity contribution is -0.384. The predicted octanol–water partition coefficient (Wildman–Crippen LogP) is 4.92. The molecule has 3 rings (SSSR count). The summed E-state index contributed by atoms with van der Waals surface area (Å²) in [7, 11) is 0. The third-order valence-corrected chi connectivity index (χ3v) is 3.55. The first kappa shape index (κ1) is 16.4. The Morgan fingerprint density at radius 3 is 2.24 bits per heavy atom. The lowest BCUT2D eigenvalue weighted by atomic mass is 10.2. The van der Waals surface area contributed by atoms with Crippen molar-refractivity contribution < 1.29 is 9.66 Å². The van der Waals surface area contributed by atoms with Crippen LogP contribution in [0, 0.1) is 10.1 Å². The van der Waals surface area contributed by atoms with Gasteiger partial charge in [0.15, 0.2) is 0 Å². The number of nitro groups is 1. The van der Waals surface area contributed by atoms with E-state index in [0.29, 0.717) is 6.61 Å². The normalized spacial score (nSPS) is 10.7. The van der Waals surface area contributed by atoms with Crippen LogP contribution >= 0.6 is 0 Å². The molecule has 0 spiro atoms. The number of nitrogens with zero attached hydrogens (tertiary/aromatic N) is 2. The van der Waals surface area contributed by atoms with Crippen LogP contribution in [-0.4, -0.2) is 11.1 Å². The third-order valence-electron chi connectivity index (χ3n) is 3.55. The Balaban J connectivity index is 1.57. The first-order valence-electron chi connectivity index (χ1n) is 7.76. The number of hydrogen-bond donors (Lipinski definition) is 0. The van der Waals surface area contributed by atoms with Crippen LogP contribution < -0.4 is 4.74 Å². The molecule has 3 aromatic rings. The highest BCUT2D eigenvalue weighted by molar-refractivity contribution is 5.82. The Bertz CT molecular complexity index is 858. The molecule has 5 nitrogen and oxygen atoms in total. The minimum absolute atomic E-state index is 0.0748. The van der Waals surface area contributed by atoms with Gasteiger partial charge in [0.05, 0.1) is 10.6 Å². The van der Waals surface area contributed by atoms with E-state index in [4.69, 9.17) is 4.74 Å². The zero-order valence-corrected chi connectivity index (χ0v) is 13.4. The van der Waals surface area contributed by atoms with E-state index in [1.54, 1.807) is 18.3 Å². The second-order valence-corrected chi connectivity index (χ2v) is 5.38. The maximum absolute atomic E-state index is 10.6. The summed E-state index contributed by atoms with van der Waals surface area (Å²) in [5.41, 5.74) is 2.83. The molecule has 0 aliphatic rings. The van der Waals surface area contributed by atoms with Gasteiger partial charge in [0, 0.05) is 18.3 Å². The SMILES string of the molecule is O=[N+]([O-])c1ccc(COc2ccc(C=Nc3ccccc3)cc2)cc1. The molecule has 0 radical (unpaired) electrons. The third kappa shape index (κ3) is 4.75. The quantitative estimate of drug-likeness (QED) is 0.365. The predicted molar refractivity (Wildman–Crippen MR) is 97.6 cm³/mol. The summed E-state index contributed by atoms with van der Waals surface area (Å²) in [5.74, 6) is 0.732. The van der Waals surface area contributed by atoms with Crippen molar-refractivity contribution >= 4 is 17.6 Å². The van der Waals surface area contributed by atoms with Crippen molar-refractivity contribution in [2.24, 2.45) is 4.99 Å². The maximum Gasteiger partial charge on any atom is 0.269 e. The summed E-state index contributed by atoms with van der Waals surface area (Å²) in [6, 6.07) is 23.7. The van der Waals surface area contributed by atoms with Gasteiger partial charge >= 0.3 is 0 Å².